The second-order valence-electron chi connectivity index (χ2n) is 5.97. The van der Waals surface area contributed by atoms with Crippen molar-refractivity contribution in [2.75, 3.05) is 0 Å². The van der Waals surface area contributed by atoms with Crippen LogP contribution in [0, 0.1) is 6.92 Å². The van der Waals surface area contributed by atoms with Crippen LogP contribution < -0.4 is 0 Å². The Morgan fingerprint density at radius 1 is 1.24 bits per heavy atom. The molecule has 2 aromatic rings. The molecule has 0 atom stereocenters. The molecule has 2 heterocycles. The van der Waals surface area contributed by atoms with Gasteiger partial charge in [0, 0.05) is 24.8 Å². The molecule has 2 fully saturated rings. The molecule has 0 unspecified atom stereocenters. The highest BCUT2D eigenvalue weighted by atomic mass is 79.9. The summed E-state index contributed by atoms with van der Waals surface area (Å²) >= 11 is 5.41. The zero-order chi connectivity index (χ0) is 14.6. The van der Waals surface area contributed by atoms with Gasteiger partial charge in [0.15, 0.2) is 5.16 Å². The second-order valence-corrected chi connectivity index (χ2v) is 7.71. The molecule has 5 nitrogen and oxygen atoms in total. The van der Waals surface area contributed by atoms with Crippen molar-refractivity contribution < 1.29 is 0 Å². The number of nitrogens with zero attached hydrogens (tertiary/aromatic N) is 5. The average molecular weight is 368 g/mol. The summed E-state index contributed by atoms with van der Waals surface area (Å²) in [5, 5.41) is 14.4. The molecule has 2 aliphatic carbocycles. The van der Waals surface area contributed by atoms with E-state index >= 15 is 0 Å². The lowest BCUT2D eigenvalue weighted by molar-refractivity contribution is 0.626. The van der Waals surface area contributed by atoms with E-state index in [1.165, 1.54) is 37.2 Å². The van der Waals surface area contributed by atoms with Crippen molar-refractivity contribution in [3.63, 3.8) is 0 Å². The van der Waals surface area contributed by atoms with E-state index in [1.54, 1.807) is 11.8 Å². The molecule has 2 saturated carbocycles. The van der Waals surface area contributed by atoms with Crippen LogP contribution in [-0.4, -0.2) is 24.5 Å². The summed E-state index contributed by atoms with van der Waals surface area (Å²) in [6, 6.07) is 0.648. The quantitative estimate of drug-likeness (QED) is 0.757. The lowest BCUT2D eigenvalue weighted by atomic mass is 10.4. The van der Waals surface area contributed by atoms with Gasteiger partial charge in [-0.15, -0.1) is 10.2 Å². The molecule has 2 aromatic heterocycles. The fourth-order valence-electron chi connectivity index (χ4n) is 2.65. The number of hydrogen-bond acceptors (Lipinski definition) is 4. The van der Waals surface area contributed by atoms with Gasteiger partial charge in [0.25, 0.3) is 0 Å². The molecule has 112 valence electrons. The minimum atomic E-state index is 0.648. The highest BCUT2D eigenvalue weighted by molar-refractivity contribution is 9.10. The van der Waals surface area contributed by atoms with Crippen LogP contribution in [0.25, 0.3) is 0 Å². The Morgan fingerprint density at radius 2 is 2.00 bits per heavy atom. The molecule has 0 N–H and O–H groups in total. The molecule has 21 heavy (non-hydrogen) atoms. The Bertz CT molecular complexity index is 684. The molecule has 0 aliphatic heterocycles. The van der Waals surface area contributed by atoms with E-state index in [9.17, 15) is 0 Å². The molecule has 2 aliphatic rings. The van der Waals surface area contributed by atoms with E-state index in [1.807, 2.05) is 18.7 Å². The molecule has 0 saturated heterocycles. The van der Waals surface area contributed by atoms with Gasteiger partial charge in [0.2, 0.25) is 0 Å². The first-order chi connectivity index (χ1) is 10.1. The number of aromatic nitrogens is 5. The Labute approximate surface area is 136 Å². The van der Waals surface area contributed by atoms with Gasteiger partial charge in [-0.2, -0.15) is 5.10 Å². The van der Waals surface area contributed by atoms with Crippen LogP contribution >= 0.6 is 27.7 Å². The van der Waals surface area contributed by atoms with Gasteiger partial charge in [0.05, 0.1) is 15.9 Å². The third-order valence-corrected chi connectivity index (χ3v) is 6.13. The van der Waals surface area contributed by atoms with E-state index in [0.29, 0.717) is 12.0 Å². The minimum Gasteiger partial charge on any atom is -0.303 e. The molecule has 0 amide bonds. The average Bonchev–Trinajstić information content (AvgIpc) is 3.37. The molecular weight excluding hydrogens is 350 g/mol. The summed E-state index contributed by atoms with van der Waals surface area (Å²) in [7, 11) is 1.99. The third kappa shape index (κ3) is 2.54. The summed E-state index contributed by atoms with van der Waals surface area (Å²) in [6.45, 7) is 2.02. The largest absolute Gasteiger partial charge is 0.303 e. The predicted molar refractivity (Wildman–Crippen MR) is 85.5 cm³/mol. The summed E-state index contributed by atoms with van der Waals surface area (Å²) < 4.78 is 5.46. The van der Waals surface area contributed by atoms with Gasteiger partial charge in [0.1, 0.15) is 5.82 Å². The van der Waals surface area contributed by atoms with Crippen molar-refractivity contribution in [3.8, 4) is 0 Å². The van der Waals surface area contributed by atoms with Gasteiger partial charge >= 0.3 is 0 Å². The molecule has 7 heteroatoms. The number of thioether (sulfide) groups is 1. The summed E-state index contributed by atoms with van der Waals surface area (Å²) in [5.41, 5.74) is 2.24. The molecular formula is C14H18BrN5S. The van der Waals surface area contributed by atoms with Crippen LogP contribution in [0.5, 0.6) is 0 Å². The second kappa shape index (κ2) is 5.12. The fourth-order valence-corrected chi connectivity index (χ4v) is 4.39. The van der Waals surface area contributed by atoms with E-state index in [-0.39, 0.29) is 0 Å². The maximum absolute atomic E-state index is 4.46. The third-order valence-electron chi connectivity index (χ3n) is 4.15. The van der Waals surface area contributed by atoms with Crippen LogP contribution in [0.4, 0.5) is 0 Å². The van der Waals surface area contributed by atoms with Crippen LogP contribution in [-0.2, 0) is 12.8 Å². The summed E-state index contributed by atoms with van der Waals surface area (Å²) in [6.07, 6.45) is 5.11. The van der Waals surface area contributed by atoms with Crippen molar-refractivity contribution >= 4 is 27.7 Å². The Morgan fingerprint density at radius 3 is 2.57 bits per heavy atom. The van der Waals surface area contributed by atoms with Crippen molar-refractivity contribution in [1.82, 2.24) is 24.5 Å². The van der Waals surface area contributed by atoms with Gasteiger partial charge in [-0.05, 0) is 48.5 Å². The van der Waals surface area contributed by atoms with E-state index < -0.39 is 0 Å². The highest BCUT2D eigenvalue weighted by Gasteiger charge is 2.36. The van der Waals surface area contributed by atoms with Gasteiger partial charge in [-0.3, -0.25) is 4.68 Å². The number of aryl methyl sites for hydroxylation is 2. The standard InChI is InChI=1S/C14H18BrN5S/c1-8-12(15)11(19(2)18-8)7-21-14-17-16-13(9-3-4-9)20(14)10-5-6-10/h9-10H,3-7H2,1-2H3. The predicted octanol–water partition coefficient (Wildman–Crippen LogP) is 3.59. The zero-order valence-electron chi connectivity index (χ0n) is 12.2. The molecule has 0 aromatic carbocycles. The smallest absolute Gasteiger partial charge is 0.191 e. The summed E-state index contributed by atoms with van der Waals surface area (Å²) in [5.74, 6) is 2.76. The van der Waals surface area contributed by atoms with Crippen molar-refractivity contribution in [3.05, 3.63) is 21.7 Å². The van der Waals surface area contributed by atoms with Crippen molar-refractivity contribution in [2.45, 2.75) is 55.5 Å². The van der Waals surface area contributed by atoms with Crippen LogP contribution in [0.2, 0.25) is 0 Å². The topological polar surface area (TPSA) is 48.5 Å². The van der Waals surface area contributed by atoms with Crippen LogP contribution in [0.1, 0.15) is 54.9 Å². The van der Waals surface area contributed by atoms with Crippen molar-refractivity contribution in [1.29, 1.82) is 0 Å². The first-order valence-corrected chi connectivity index (χ1v) is 9.18. The van der Waals surface area contributed by atoms with Crippen LogP contribution in [0.15, 0.2) is 9.63 Å². The number of hydrogen-bond donors (Lipinski definition) is 0. The number of halogens is 1. The van der Waals surface area contributed by atoms with E-state index in [0.717, 1.165) is 21.1 Å². The normalized spacial score (nSPS) is 18.4. The van der Waals surface area contributed by atoms with E-state index in [2.05, 4.69) is 35.8 Å². The zero-order valence-corrected chi connectivity index (χ0v) is 14.6. The molecule has 0 bridgehead atoms. The Hall–Kier alpha value is -0.820. The van der Waals surface area contributed by atoms with Crippen molar-refractivity contribution in [2.24, 2.45) is 7.05 Å². The first kappa shape index (κ1) is 13.8. The summed E-state index contributed by atoms with van der Waals surface area (Å²) in [4.78, 5) is 0. The van der Waals surface area contributed by atoms with Gasteiger partial charge in [-0.25, -0.2) is 0 Å². The SMILES string of the molecule is Cc1nn(C)c(CSc2nnc(C3CC3)n2C2CC2)c1Br. The lowest BCUT2D eigenvalue weighted by Gasteiger charge is -2.08. The van der Waals surface area contributed by atoms with Gasteiger partial charge in [-0.1, -0.05) is 11.8 Å². The Kier molecular flexibility index (Phi) is 3.37. The molecule has 0 radical (unpaired) electrons. The highest BCUT2D eigenvalue weighted by Crippen LogP contribution is 2.46. The van der Waals surface area contributed by atoms with Crippen LogP contribution in [0.3, 0.4) is 0 Å². The molecule has 4 rings (SSSR count). The maximum atomic E-state index is 4.46. The van der Waals surface area contributed by atoms with Gasteiger partial charge < -0.3 is 4.57 Å². The minimum absolute atomic E-state index is 0.648. The number of rotatable bonds is 5. The maximum Gasteiger partial charge on any atom is 0.191 e. The lowest BCUT2D eigenvalue weighted by Crippen LogP contribution is -2.03. The van der Waals surface area contributed by atoms with E-state index in [4.69, 9.17) is 0 Å². The first-order valence-electron chi connectivity index (χ1n) is 7.40. The fraction of sp³-hybridized carbons (Fsp3) is 0.643. The Balaban J connectivity index is 1.57. The molecule has 0 spiro atoms. The monoisotopic (exact) mass is 367 g/mol.